The van der Waals surface area contributed by atoms with Crippen molar-refractivity contribution in [2.45, 2.75) is 22.7 Å². The summed E-state index contributed by atoms with van der Waals surface area (Å²) in [4.78, 5) is 14.5. The van der Waals surface area contributed by atoms with Gasteiger partial charge in [0, 0.05) is 12.0 Å². The number of thiophene rings is 1. The van der Waals surface area contributed by atoms with Gasteiger partial charge < -0.3 is 4.52 Å². The average molecular weight is 485 g/mol. The van der Waals surface area contributed by atoms with E-state index < -0.39 is 33.8 Å². The van der Waals surface area contributed by atoms with Gasteiger partial charge in [0.05, 0.1) is 10.8 Å². The Morgan fingerprint density at radius 1 is 1.25 bits per heavy atom. The molecule has 0 bridgehead atoms. The van der Waals surface area contributed by atoms with Crippen molar-refractivity contribution in [1.82, 2.24) is 15.2 Å². The normalized spacial score (nSPS) is 21.8. The highest BCUT2D eigenvalue weighted by molar-refractivity contribution is 7.91. The first-order valence-corrected chi connectivity index (χ1v) is 11.6. The predicted molar refractivity (Wildman–Crippen MR) is 104 cm³/mol. The molecular weight excluding hydrogens is 471 g/mol. The molecule has 3 aromatic rings. The van der Waals surface area contributed by atoms with Gasteiger partial charge in [-0.25, -0.2) is 8.42 Å². The van der Waals surface area contributed by atoms with E-state index in [0.29, 0.717) is 23.8 Å². The van der Waals surface area contributed by atoms with Crippen LogP contribution in [0.3, 0.4) is 0 Å². The Morgan fingerprint density at radius 3 is 2.72 bits per heavy atom. The molecule has 168 valence electrons. The molecule has 2 aliphatic carbocycles. The summed E-state index contributed by atoms with van der Waals surface area (Å²) >= 11 is 0.613. The maximum atomic E-state index is 12.7. The zero-order valence-corrected chi connectivity index (χ0v) is 17.5. The van der Waals surface area contributed by atoms with Crippen molar-refractivity contribution in [2.75, 3.05) is 0 Å². The Morgan fingerprint density at radius 2 is 2.00 bits per heavy atom. The van der Waals surface area contributed by atoms with Crippen LogP contribution in [0.1, 0.15) is 22.8 Å². The number of nitrogens with one attached hydrogen (secondary N) is 1. The first kappa shape index (κ1) is 21.1. The third-order valence-electron chi connectivity index (χ3n) is 5.63. The minimum atomic E-state index is -4.72. The smallest absolute Gasteiger partial charge is 0.351 e. The molecule has 1 fully saturated rings. The minimum Gasteiger partial charge on any atom is -0.351 e. The number of carbonyl (C=O) groups is 1. The van der Waals surface area contributed by atoms with E-state index in [4.69, 9.17) is 0 Å². The van der Waals surface area contributed by atoms with E-state index in [2.05, 4.69) is 9.68 Å². The first-order valence-electron chi connectivity index (χ1n) is 9.33. The second-order valence-corrected chi connectivity index (χ2v) is 10.5. The Labute approximate surface area is 183 Å². The molecule has 0 unspecified atom stereocenters. The third kappa shape index (κ3) is 3.50. The maximum absolute atomic E-state index is 12.7. The van der Waals surface area contributed by atoms with Crippen molar-refractivity contribution < 1.29 is 36.1 Å². The summed E-state index contributed by atoms with van der Waals surface area (Å²) in [6, 6.07) is 10.7. The monoisotopic (exact) mass is 485 g/mol. The lowest BCUT2D eigenvalue weighted by Gasteiger charge is -2.16. The molecule has 32 heavy (non-hydrogen) atoms. The maximum Gasteiger partial charge on any atom is 0.452 e. The number of nitrogens with zero attached hydrogens (tertiary/aromatic N) is 2. The molecule has 1 saturated carbocycles. The Bertz CT molecular complexity index is 1320. The van der Waals surface area contributed by atoms with Crippen LogP contribution in [0.4, 0.5) is 13.2 Å². The van der Waals surface area contributed by atoms with Crippen LogP contribution in [-0.2, 0) is 27.4 Å². The Hall–Kier alpha value is -2.74. The molecule has 0 spiro atoms. The van der Waals surface area contributed by atoms with Crippen LogP contribution < -0.4 is 4.83 Å². The number of hydroxylamine groups is 1. The van der Waals surface area contributed by atoms with Gasteiger partial charge in [-0.1, -0.05) is 34.3 Å². The SMILES string of the molecule is O=C([C@@H]1[C@H]2Cc3ccccc3[C@@H]21)N(O)NS(=O)(=O)c1ccc(-c2cc(C(F)(F)F)on2)s1. The fraction of sp³-hybridized carbons (Fsp3) is 0.263. The van der Waals surface area contributed by atoms with Gasteiger partial charge in [0.25, 0.3) is 15.9 Å². The van der Waals surface area contributed by atoms with E-state index in [1.54, 1.807) is 4.83 Å². The predicted octanol–water partition coefficient (Wildman–Crippen LogP) is 3.42. The molecule has 8 nitrogen and oxygen atoms in total. The van der Waals surface area contributed by atoms with Gasteiger partial charge in [-0.15, -0.1) is 16.5 Å². The van der Waals surface area contributed by atoms with Gasteiger partial charge >= 0.3 is 6.18 Å². The second-order valence-electron chi connectivity index (χ2n) is 7.56. The molecule has 1 amide bonds. The van der Waals surface area contributed by atoms with Gasteiger partial charge in [-0.2, -0.15) is 13.2 Å². The first-order chi connectivity index (χ1) is 15.1. The number of benzene rings is 1. The summed E-state index contributed by atoms with van der Waals surface area (Å²) in [5, 5.41) is 13.4. The van der Waals surface area contributed by atoms with Gasteiger partial charge in [0.2, 0.25) is 5.76 Å². The number of sulfonamides is 1. The molecule has 2 aliphatic rings. The molecule has 0 saturated heterocycles. The summed E-state index contributed by atoms with van der Waals surface area (Å²) in [5.74, 6) is -2.63. The number of halogens is 3. The van der Waals surface area contributed by atoms with Gasteiger partial charge in [-0.3, -0.25) is 10.0 Å². The van der Waals surface area contributed by atoms with E-state index in [9.17, 15) is 31.6 Å². The third-order valence-corrected chi connectivity index (χ3v) is 8.52. The summed E-state index contributed by atoms with van der Waals surface area (Å²) in [7, 11) is -4.36. The summed E-state index contributed by atoms with van der Waals surface area (Å²) in [6.45, 7) is 0. The largest absolute Gasteiger partial charge is 0.452 e. The van der Waals surface area contributed by atoms with Crippen LogP contribution in [0.5, 0.6) is 0 Å². The van der Waals surface area contributed by atoms with Crippen LogP contribution in [0.2, 0.25) is 0 Å². The molecule has 3 atom stereocenters. The zero-order chi connectivity index (χ0) is 22.8. The quantitative estimate of drug-likeness (QED) is 0.423. The van der Waals surface area contributed by atoms with E-state index in [-0.39, 0.29) is 31.8 Å². The van der Waals surface area contributed by atoms with Gasteiger partial charge in [0.1, 0.15) is 9.90 Å². The summed E-state index contributed by atoms with van der Waals surface area (Å²) in [5.41, 5.74) is 1.98. The number of hydrazine groups is 1. The zero-order valence-electron chi connectivity index (χ0n) is 15.9. The number of fused-ring (bicyclic) bond motifs is 3. The molecule has 5 rings (SSSR count). The number of rotatable bonds is 5. The molecular formula is C19H14F3N3O5S2. The Balaban J connectivity index is 1.28. The van der Waals surface area contributed by atoms with E-state index >= 15 is 0 Å². The number of amides is 1. The van der Waals surface area contributed by atoms with E-state index in [0.717, 1.165) is 17.2 Å². The molecule has 13 heteroatoms. The molecule has 0 radical (unpaired) electrons. The van der Waals surface area contributed by atoms with Crippen LogP contribution in [0.15, 0.2) is 51.2 Å². The number of carbonyl (C=O) groups excluding carboxylic acids is 1. The molecule has 2 heterocycles. The molecule has 1 aromatic carbocycles. The fourth-order valence-electron chi connectivity index (χ4n) is 4.16. The van der Waals surface area contributed by atoms with Crippen LogP contribution in [-0.4, -0.2) is 29.9 Å². The standard InChI is InChI=1S/C19H14F3N3O5S2/c20-19(21,22)14-8-12(23-30-14)13-5-6-15(31-13)32(28,29)24-25(27)18(26)17-11-7-9-3-1-2-4-10(9)16(11)17/h1-6,8,11,16-17,24,27H,7H2/t11-,16-,17+/m0/s1. The van der Waals surface area contributed by atoms with E-state index in [1.165, 1.54) is 6.07 Å². The van der Waals surface area contributed by atoms with E-state index in [1.807, 2.05) is 24.3 Å². The lowest BCUT2D eigenvalue weighted by molar-refractivity contribution is -0.174. The van der Waals surface area contributed by atoms with Crippen molar-refractivity contribution in [3.8, 4) is 10.6 Å². The lowest BCUT2D eigenvalue weighted by atomic mass is 10.0. The van der Waals surface area contributed by atoms with Crippen molar-refractivity contribution >= 4 is 27.3 Å². The number of hydrogen-bond donors (Lipinski definition) is 2. The van der Waals surface area contributed by atoms with Gasteiger partial charge in [-0.05, 0) is 35.6 Å². The van der Waals surface area contributed by atoms with Crippen LogP contribution >= 0.6 is 11.3 Å². The van der Waals surface area contributed by atoms with Crippen molar-refractivity contribution in [1.29, 1.82) is 0 Å². The fourth-order valence-corrected chi connectivity index (χ4v) is 6.32. The lowest BCUT2D eigenvalue weighted by Crippen LogP contribution is -2.44. The van der Waals surface area contributed by atoms with Crippen molar-refractivity contribution in [3.63, 3.8) is 0 Å². The number of aromatic nitrogens is 1. The van der Waals surface area contributed by atoms with Crippen LogP contribution in [0, 0.1) is 11.8 Å². The molecule has 2 aromatic heterocycles. The van der Waals surface area contributed by atoms with Crippen molar-refractivity contribution in [3.05, 3.63) is 59.4 Å². The number of alkyl halides is 3. The molecule has 0 aliphatic heterocycles. The summed E-state index contributed by atoms with van der Waals surface area (Å²) in [6.07, 6.45) is -4.04. The molecule has 2 N–H and O–H groups in total. The van der Waals surface area contributed by atoms with Gasteiger partial charge in [0.15, 0.2) is 0 Å². The average Bonchev–Trinajstić information content (AvgIpc) is 3.19. The number of hydrogen-bond acceptors (Lipinski definition) is 7. The Kier molecular flexibility index (Phi) is 4.71. The van der Waals surface area contributed by atoms with Crippen molar-refractivity contribution in [2.24, 2.45) is 11.8 Å². The highest BCUT2D eigenvalue weighted by Crippen LogP contribution is 2.61. The minimum absolute atomic E-state index is 0.0161. The van der Waals surface area contributed by atoms with Crippen LogP contribution in [0.25, 0.3) is 10.6 Å². The summed E-state index contributed by atoms with van der Waals surface area (Å²) < 4.78 is 67.1. The topological polar surface area (TPSA) is 113 Å². The highest BCUT2D eigenvalue weighted by Gasteiger charge is 2.60. The second kappa shape index (κ2) is 7.13. The highest BCUT2D eigenvalue weighted by atomic mass is 32.2.